The molecule has 9 aromatic rings. The van der Waals surface area contributed by atoms with Crippen LogP contribution < -0.4 is 67.1 Å². The van der Waals surface area contributed by atoms with Crippen LogP contribution in [-0.2, 0) is 35.5 Å². The average Bonchev–Trinajstić information content (AvgIpc) is 1.74. The zero-order chi connectivity index (χ0) is 71.1. The third-order valence-electron chi connectivity index (χ3n) is 14.2. The number of non-ortho nitro benzene ring substituents is 1. The number of halogens is 1. The highest BCUT2D eigenvalue weighted by Gasteiger charge is 2.24. The Morgan fingerprint density at radius 3 is 1.58 bits per heavy atom. The van der Waals surface area contributed by atoms with Gasteiger partial charge in [0.1, 0.15) is 45.7 Å². The number of carboxylic acid groups (broad SMARTS) is 1. The van der Waals surface area contributed by atoms with E-state index in [2.05, 4.69) is 60.6 Å². The number of nitrogens with zero attached hydrogens (tertiary/aromatic N) is 12. The topological polar surface area (TPSA) is 445 Å². The number of Topliss-reactive ketones (excluding diaryl/α,β-unsaturated/α-hetero) is 1. The number of nitrogens with two attached hydrogens (primary N) is 2. The van der Waals surface area contributed by atoms with Crippen molar-refractivity contribution in [3.05, 3.63) is 165 Å². The molecule has 0 atom stereocenters. The molecule has 0 spiro atoms. The molecule has 0 fully saturated rings. The SMILES string of the molecule is CC(=O)Cc1ccc(O)cc1.CNCCCOc1ccc2c3n(c(=NC(=O)c4cnc(N)nc4)nc2c1OC)CCN3.COc1c(OCCCN(C)C(=O)Oc2ccc(CC(=O)O)cc2)ccc2c3n(c(=NC(=O)c4cnc(N)nc4)nc12)CCN3.O=C(Cl)Oc1ccc([N+](=O)[O-])cc1. The number of nitrogens with one attached hydrogen (secondary N) is 3. The minimum Gasteiger partial charge on any atom is -0.508 e. The van der Waals surface area contributed by atoms with E-state index >= 15 is 0 Å². The molecule has 0 bridgehead atoms. The number of hydrogen-bond acceptors (Lipinski definition) is 26. The Hall–Kier alpha value is -12.4. The van der Waals surface area contributed by atoms with E-state index < -0.39 is 34.2 Å². The highest BCUT2D eigenvalue weighted by Crippen LogP contribution is 2.39. The van der Waals surface area contributed by atoms with E-state index in [0.29, 0.717) is 97.5 Å². The summed E-state index contributed by atoms with van der Waals surface area (Å²) in [7, 11) is 6.57. The standard InChI is InChI=1S/C29H30N8O7.C20H24N8O3.C9H10O2.C7H4ClNO4/c1-36(29(41)44-19-6-4-17(5-7-19)14-22(38)39)11-3-13-43-21-9-8-20-23(24(21)42-2)34-28(37-12-10-31-25(20)37)35-26(40)18-15-32-27(30)33-16-18;1-22-6-3-9-31-14-5-4-13-15(16(14)30-2)26-20(28-8-7-23-17(13)28)27-18(29)12-10-24-19(21)25-11-12;1-7(10)6-8-2-4-9(11)5-3-8;8-7(10)13-6-3-1-5(2-4-6)9(11)12/h4-9,15-16,31H,3,10-14H2,1-2H3,(H,38,39)(H2,30,32,33);4-5,10-11,22-23H,3,6-9H2,1-2H3,(H2,21,24,25);2-5,11H,6H2,1H3;1-4H. The number of nitro groups is 1. The van der Waals surface area contributed by atoms with Crippen molar-refractivity contribution in [2.24, 2.45) is 9.98 Å². The van der Waals surface area contributed by atoms with Gasteiger partial charge in [-0.2, -0.15) is 9.98 Å². The number of aromatic nitrogens is 8. The summed E-state index contributed by atoms with van der Waals surface area (Å²) >= 11 is 4.92. The second-order valence-corrected chi connectivity index (χ2v) is 21.6. The summed E-state index contributed by atoms with van der Waals surface area (Å²) in [5, 5.41) is 39.4. The van der Waals surface area contributed by atoms with Crippen LogP contribution in [-0.4, -0.2) is 162 Å². The predicted octanol–water partition coefficient (Wildman–Crippen LogP) is 6.54. The normalized spacial score (nSPS) is 11.9. The molecule has 2 aliphatic heterocycles. The van der Waals surface area contributed by atoms with E-state index in [0.717, 1.165) is 40.9 Å². The van der Waals surface area contributed by atoms with Gasteiger partial charge in [-0.25, -0.2) is 39.5 Å². The average molecular weight is 1380 g/mol. The molecule has 11 rings (SSSR count). The number of aromatic hydroxyl groups is 1. The third-order valence-corrected chi connectivity index (χ3v) is 14.3. The minimum absolute atomic E-state index is 0.0512. The number of nitro benzene ring substituents is 1. The number of carbonyl (C=O) groups is 6. The van der Waals surface area contributed by atoms with Gasteiger partial charge in [-0.05, 0) is 105 Å². The fourth-order valence-electron chi connectivity index (χ4n) is 9.56. The molecule has 516 valence electrons. The number of aliphatic carboxylic acids is 1. The van der Waals surface area contributed by atoms with Gasteiger partial charge in [-0.3, -0.25) is 38.4 Å². The second kappa shape index (κ2) is 34.9. The van der Waals surface area contributed by atoms with Gasteiger partial charge in [0.2, 0.25) is 23.1 Å². The number of carbonyl (C=O) groups excluding carboxylic acids is 5. The lowest BCUT2D eigenvalue weighted by atomic mass is 10.1. The van der Waals surface area contributed by atoms with Gasteiger partial charge >= 0.3 is 17.5 Å². The van der Waals surface area contributed by atoms with Crippen LogP contribution in [0.1, 0.15) is 51.6 Å². The van der Waals surface area contributed by atoms with Crippen LogP contribution >= 0.6 is 11.6 Å². The zero-order valence-electron chi connectivity index (χ0n) is 54.0. The Morgan fingerprint density at radius 1 is 0.677 bits per heavy atom. The number of rotatable bonds is 21. The highest BCUT2D eigenvalue weighted by atomic mass is 35.5. The number of ketones is 1. The minimum atomic E-state index is -0.978. The van der Waals surface area contributed by atoms with E-state index in [1.54, 1.807) is 75.7 Å². The number of benzene rings is 5. The first-order chi connectivity index (χ1) is 47.6. The largest absolute Gasteiger partial charge is 0.508 e. The summed E-state index contributed by atoms with van der Waals surface area (Å²) in [6.07, 6.45) is 6.42. The number of amides is 3. The first-order valence-electron chi connectivity index (χ1n) is 30.2. The molecule has 9 N–H and O–H groups in total. The fraction of sp³-hybridized carbons (Fsp3) is 0.262. The van der Waals surface area contributed by atoms with Crippen LogP contribution in [0.25, 0.3) is 21.8 Å². The van der Waals surface area contributed by atoms with E-state index in [9.17, 15) is 38.9 Å². The number of anilines is 4. The molecule has 0 aliphatic carbocycles. The summed E-state index contributed by atoms with van der Waals surface area (Å²) < 4.78 is 36.7. The van der Waals surface area contributed by atoms with E-state index in [4.69, 9.17) is 57.0 Å². The molecular weight excluding hydrogens is 1310 g/mol. The third kappa shape index (κ3) is 20.1. The van der Waals surface area contributed by atoms with Crippen molar-refractivity contribution >= 4 is 97.7 Å². The van der Waals surface area contributed by atoms with Crippen LogP contribution in [0.3, 0.4) is 0 Å². The van der Waals surface area contributed by atoms with Crippen molar-refractivity contribution in [3.63, 3.8) is 0 Å². The Bertz CT molecular complexity index is 4540. The van der Waals surface area contributed by atoms with Crippen LogP contribution in [0.15, 0.2) is 132 Å². The van der Waals surface area contributed by atoms with Crippen LogP contribution in [0.4, 0.5) is 38.8 Å². The van der Waals surface area contributed by atoms with Gasteiger partial charge in [0, 0.05) is 105 Å². The van der Waals surface area contributed by atoms with Crippen LogP contribution in [0, 0.1) is 10.1 Å². The molecule has 6 heterocycles. The van der Waals surface area contributed by atoms with Crippen molar-refractivity contribution in [1.82, 2.24) is 49.3 Å². The van der Waals surface area contributed by atoms with Crippen molar-refractivity contribution in [1.29, 1.82) is 0 Å². The van der Waals surface area contributed by atoms with E-state index in [-0.39, 0.29) is 70.3 Å². The zero-order valence-corrected chi connectivity index (χ0v) is 54.8. The smallest absolute Gasteiger partial charge is 0.414 e. The first-order valence-corrected chi connectivity index (χ1v) is 30.6. The molecule has 2 aliphatic rings. The molecule has 3 amide bonds. The van der Waals surface area contributed by atoms with Crippen LogP contribution in [0.5, 0.6) is 40.2 Å². The number of methoxy groups -OCH3 is 2. The molecule has 34 heteroatoms. The van der Waals surface area contributed by atoms with Crippen molar-refractivity contribution in [3.8, 4) is 40.2 Å². The summed E-state index contributed by atoms with van der Waals surface area (Å²) in [6, 6.07) is 25.4. The second-order valence-electron chi connectivity index (χ2n) is 21.3. The maximum atomic E-state index is 12.8. The molecule has 4 aromatic heterocycles. The first kappa shape index (κ1) is 72.4. The number of phenolic OH excluding ortho intramolecular Hbond substituents is 1. The van der Waals surface area contributed by atoms with E-state index in [1.807, 2.05) is 34.4 Å². The number of phenols is 1. The monoisotopic (exact) mass is 1380 g/mol. The Balaban J connectivity index is 0.000000194. The number of ether oxygens (including phenoxy) is 6. The molecule has 33 nitrogen and oxygen atoms in total. The summed E-state index contributed by atoms with van der Waals surface area (Å²) in [5.74, 6) is 2.45. The molecule has 5 aromatic carbocycles. The van der Waals surface area contributed by atoms with Crippen LogP contribution in [0.2, 0.25) is 0 Å². The molecule has 0 saturated heterocycles. The van der Waals surface area contributed by atoms with Gasteiger partial charge < -0.3 is 71.0 Å². The molecule has 0 radical (unpaired) electrons. The fourth-order valence-corrected chi connectivity index (χ4v) is 9.65. The lowest BCUT2D eigenvalue weighted by molar-refractivity contribution is -0.384. The predicted molar refractivity (Wildman–Crippen MR) is 360 cm³/mol. The summed E-state index contributed by atoms with van der Waals surface area (Å²) in [5.41, 5.74) is 13.4. The van der Waals surface area contributed by atoms with Gasteiger partial charge in [0.05, 0.1) is 49.9 Å². The van der Waals surface area contributed by atoms with Crippen molar-refractivity contribution < 1.29 is 72.3 Å². The summed E-state index contributed by atoms with van der Waals surface area (Å²) in [6.45, 7) is 6.07. The molecule has 0 unspecified atom stereocenters. The van der Waals surface area contributed by atoms with Gasteiger partial charge in [0.25, 0.3) is 17.5 Å². The number of hydrogen-bond donors (Lipinski definition) is 7. The van der Waals surface area contributed by atoms with Gasteiger partial charge in [-0.15, -0.1) is 0 Å². The molecule has 0 saturated carbocycles. The Labute approximate surface area is 568 Å². The lowest BCUT2D eigenvalue weighted by Crippen LogP contribution is -2.31. The summed E-state index contributed by atoms with van der Waals surface area (Å²) in [4.78, 5) is 114. The number of nitrogen functional groups attached to an aromatic ring is 2. The molecular formula is C65H68ClN17O16. The van der Waals surface area contributed by atoms with Gasteiger partial charge in [-0.1, -0.05) is 24.3 Å². The lowest BCUT2D eigenvalue weighted by Gasteiger charge is -2.18. The van der Waals surface area contributed by atoms with Crippen molar-refractivity contribution in [2.75, 3.05) is 89.8 Å². The maximum Gasteiger partial charge on any atom is 0.414 e. The van der Waals surface area contributed by atoms with Crippen molar-refractivity contribution in [2.45, 2.75) is 45.7 Å². The Kier molecular flexibility index (Phi) is 25.5. The number of fused-ring (bicyclic) bond motifs is 6. The quantitative estimate of drug-likeness (QED) is 0.0174. The maximum absolute atomic E-state index is 12.8. The number of carboxylic acids is 1. The highest BCUT2D eigenvalue weighted by molar-refractivity contribution is 6.61. The van der Waals surface area contributed by atoms with E-state index in [1.165, 1.54) is 61.1 Å². The van der Waals surface area contributed by atoms with Gasteiger partial charge in [0.15, 0.2) is 23.0 Å². The Morgan fingerprint density at radius 2 is 1.13 bits per heavy atom. The molecule has 99 heavy (non-hydrogen) atoms.